The van der Waals surface area contributed by atoms with E-state index >= 15 is 0 Å². The molecule has 0 saturated heterocycles. The SMILES string of the molecule is C.CC(=O)NCc1ccccn1. The van der Waals surface area contributed by atoms with Crippen molar-refractivity contribution in [3.63, 3.8) is 0 Å². The van der Waals surface area contributed by atoms with Crippen molar-refractivity contribution in [2.45, 2.75) is 20.9 Å². The van der Waals surface area contributed by atoms with Gasteiger partial charge in [-0.05, 0) is 12.1 Å². The first-order valence-corrected chi connectivity index (χ1v) is 3.43. The number of rotatable bonds is 2. The van der Waals surface area contributed by atoms with Gasteiger partial charge in [0.1, 0.15) is 0 Å². The summed E-state index contributed by atoms with van der Waals surface area (Å²) in [5.41, 5.74) is 0.878. The molecule has 3 heteroatoms. The first kappa shape index (κ1) is 10.6. The molecule has 0 spiro atoms. The summed E-state index contributed by atoms with van der Waals surface area (Å²) in [7, 11) is 0. The summed E-state index contributed by atoms with van der Waals surface area (Å²) >= 11 is 0. The predicted molar refractivity (Wildman–Crippen MR) is 48.5 cm³/mol. The monoisotopic (exact) mass is 166 g/mol. The average molecular weight is 166 g/mol. The first-order chi connectivity index (χ1) is 5.29. The molecule has 0 aromatic carbocycles. The van der Waals surface area contributed by atoms with Crippen LogP contribution in [0.25, 0.3) is 0 Å². The maximum Gasteiger partial charge on any atom is 0.217 e. The lowest BCUT2D eigenvalue weighted by molar-refractivity contribution is -0.119. The van der Waals surface area contributed by atoms with E-state index in [1.54, 1.807) is 6.20 Å². The molecule has 0 aliphatic carbocycles. The van der Waals surface area contributed by atoms with Crippen molar-refractivity contribution in [1.29, 1.82) is 0 Å². The van der Waals surface area contributed by atoms with Gasteiger partial charge < -0.3 is 5.32 Å². The first-order valence-electron chi connectivity index (χ1n) is 3.43. The van der Waals surface area contributed by atoms with Crippen molar-refractivity contribution in [2.75, 3.05) is 0 Å². The summed E-state index contributed by atoms with van der Waals surface area (Å²) in [5, 5.41) is 2.66. The van der Waals surface area contributed by atoms with Gasteiger partial charge in [-0.25, -0.2) is 0 Å². The van der Waals surface area contributed by atoms with Gasteiger partial charge >= 0.3 is 0 Å². The van der Waals surface area contributed by atoms with E-state index in [0.717, 1.165) is 5.69 Å². The van der Waals surface area contributed by atoms with E-state index in [1.165, 1.54) is 6.92 Å². The molecule has 1 aromatic rings. The molecule has 0 atom stereocenters. The van der Waals surface area contributed by atoms with Gasteiger partial charge in [0.2, 0.25) is 5.91 Å². The van der Waals surface area contributed by atoms with E-state index < -0.39 is 0 Å². The Balaban J connectivity index is 0.00000121. The van der Waals surface area contributed by atoms with Crippen LogP contribution < -0.4 is 5.32 Å². The Kier molecular flexibility index (Phi) is 4.69. The van der Waals surface area contributed by atoms with Crippen molar-refractivity contribution in [1.82, 2.24) is 10.3 Å². The summed E-state index contributed by atoms with van der Waals surface area (Å²) in [6.45, 7) is 2.00. The third kappa shape index (κ3) is 3.71. The third-order valence-electron chi connectivity index (χ3n) is 1.24. The zero-order valence-corrected chi connectivity index (χ0v) is 6.37. The topological polar surface area (TPSA) is 42.0 Å². The summed E-state index contributed by atoms with van der Waals surface area (Å²) in [4.78, 5) is 14.5. The second-order valence-corrected chi connectivity index (χ2v) is 2.23. The molecule has 0 bridgehead atoms. The molecular formula is C9H14N2O. The van der Waals surface area contributed by atoms with Crippen LogP contribution in [0.5, 0.6) is 0 Å². The van der Waals surface area contributed by atoms with Crippen LogP contribution in [0.15, 0.2) is 24.4 Å². The highest BCUT2D eigenvalue weighted by molar-refractivity contribution is 5.72. The molecule has 1 N–H and O–H groups in total. The quantitative estimate of drug-likeness (QED) is 0.720. The molecule has 1 heterocycles. The van der Waals surface area contributed by atoms with Crippen LogP contribution in [0, 0.1) is 0 Å². The van der Waals surface area contributed by atoms with Crippen molar-refractivity contribution < 1.29 is 4.79 Å². The van der Waals surface area contributed by atoms with Crippen molar-refractivity contribution >= 4 is 5.91 Å². The maximum absolute atomic E-state index is 10.5. The average Bonchev–Trinajstić information content (AvgIpc) is 2.03. The van der Waals surface area contributed by atoms with E-state index in [9.17, 15) is 4.79 Å². The largest absolute Gasteiger partial charge is 0.351 e. The number of hydrogen-bond acceptors (Lipinski definition) is 2. The predicted octanol–water partition coefficient (Wildman–Crippen LogP) is 1.35. The Labute approximate surface area is 72.8 Å². The van der Waals surface area contributed by atoms with Crippen LogP contribution in [0.1, 0.15) is 20.0 Å². The minimum atomic E-state index is -0.0318. The minimum absolute atomic E-state index is 0. The summed E-state index contributed by atoms with van der Waals surface area (Å²) in [6.07, 6.45) is 1.71. The molecule has 0 aliphatic rings. The number of nitrogens with one attached hydrogen (secondary N) is 1. The number of aromatic nitrogens is 1. The van der Waals surface area contributed by atoms with Crippen molar-refractivity contribution in [3.8, 4) is 0 Å². The molecule has 3 nitrogen and oxygen atoms in total. The highest BCUT2D eigenvalue weighted by atomic mass is 16.1. The fraction of sp³-hybridized carbons (Fsp3) is 0.333. The Bertz CT molecular complexity index is 234. The van der Waals surface area contributed by atoms with Crippen LogP contribution in [0.4, 0.5) is 0 Å². The molecule has 12 heavy (non-hydrogen) atoms. The van der Waals surface area contributed by atoms with E-state index in [-0.39, 0.29) is 13.3 Å². The van der Waals surface area contributed by atoms with Crippen LogP contribution >= 0.6 is 0 Å². The van der Waals surface area contributed by atoms with Gasteiger partial charge in [-0.3, -0.25) is 9.78 Å². The fourth-order valence-electron chi connectivity index (χ4n) is 0.718. The normalized spacial score (nSPS) is 8.42. The zero-order chi connectivity index (χ0) is 8.10. The lowest BCUT2D eigenvalue weighted by Crippen LogP contribution is -2.19. The number of carbonyl (C=O) groups is 1. The maximum atomic E-state index is 10.5. The number of pyridine rings is 1. The molecule has 1 aromatic heterocycles. The molecule has 1 amide bonds. The molecular weight excluding hydrogens is 152 g/mol. The van der Waals surface area contributed by atoms with E-state index in [1.807, 2.05) is 18.2 Å². The van der Waals surface area contributed by atoms with Crippen molar-refractivity contribution in [3.05, 3.63) is 30.1 Å². The Hall–Kier alpha value is -1.38. The third-order valence-corrected chi connectivity index (χ3v) is 1.24. The van der Waals surface area contributed by atoms with Gasteiger partial charge in [-0.2, -0.15) is 0 Å². The van der Waals surface area contributed by atoms with Crippen LogP contribution in [0.3, 0.4) is 0 Å². The number of nitrogens with zero attached hydrogens (tertiary/aromatic N) is 1. The van der Waals surface area contributed by atoms with Gasteiger partial charge in [0, 0.05) is 13.1 Å². The van der Waals surface area contributed by atoms with Gasteiger partial charge in [0.05, 0.1) is 12.2 Å². The van der Waals surface area contributed by atoms with Gasteiger partial charge in [0.15, 0.2) is 0 Å². The van der Waals surface area contributed by atoms with Gasteiger partial charge in [-0.1, -0.05) is 13.5 Å². The smallest absolute Gasteiger partial charge is 0.217 e. The van der Waals surface area contributed by atoms with E-state index in [4.69, 9.17) is 0 Å². The Morgan fingerprint density at radius 3 is 2.83 bits per heavy atom. The summed E-state index contributed by atoms with van der Waals surface area (Å²) in [6, 6.07) is 5.61. The summed E-state index contributed by atoms with van der Waals surface area (Å²) < 4.78 is 0. The second kappa shape index (κ2) is 5.29. The van der Waals surface area contributed by atoms with E-state index in [0.29, 0.717) is 6.54 Å². The lowest BCUT2D eigenvalue weighted by Gasteiger charge is -1.99. The molecule has 0 fully saturated rings. The second-order valence-electron chi connectivity index (χ2n) is 2.23. The Morgan fingerprint density at radius 1 is 1.58 bits per heavy atom. The molecule has 0 unspecified atom stereocenters. The highest BCUT2D eigenvalue weighted by Crippen LogP contribution is 1.90. The molecule has 0 radical (unpaired) electrons. The number of amides is 1. The van der Waals surface area contributed by atoms with Crippen molar-refractivity contribution in [2.24, 2.45) is 0 Å². The molecule has 0 saturated carbocycles. The minimum Gasteiger partial charge on any atom is -0.351 e. The van der Waals surface area contributed by atoms with Crippen LogP contribution in [-0.2, 0) is 11.3 Å². The van der Waals surface area contributed by atoms with Gasteiger partial charge in [0.25, 0.3) is 0 Å². The number of carbonyl (C=O) groups excluding carboxylic acids is 1. The standard InChI is InChI=1S/C8H10N2O.CH4/c1-7(11)10-6-8-4-2-3-5-9-8;/h2-5H,6H2,1H3,(H,10,11);1H4. The fourth-order valence-corrected chi connectivity index (χ4v) is 0.718. The van der Waals surface area contributed by atoms with E-state index in [2.05, 4.69) is 10.3 Å². The summed E-state index contributed by atoms with van der Waals surface area (Å²) in [5.74, 6) is -0.0318. The highest BCUT2D eigenvalue weighted by Gasteiger charge is 1.92. The van der Waals surface area contributed by atoms with Crippen LogP contribution in [0.2, 0.25) is 0 Å². The van der Waals surface area contributed by atoms with Gasteiger partial charge in [-0.15, -0.1) is 0 Å². The molecule has 0 aliphatic heterocycles. The molecule has 1 rings (SSSR count). The molecule has 66 valence electrons. The Morgan fingerprint density at radius 2 is 2.33 bits per heavy atom. The number of hydrogen-bond donors (Lipinski definition) is 1. The van der Waals surface area contributed by atoms with Crippen LogP contribution in [-0.4, -0.2) is 10.9 Å². The zero-order valence-electron chi connectivity index (χ0n) is 6.37. The lowest BCUT2D eigenvalue weighted by atomic mass is 10.3.